The predicted molar refractivity (Wildman–Crippen MR) is 137 cm³/mol. The third kappa shape index (κ3) is 6.27. The first kappa shape index (κ1) is 24.9. The topological polar surface area (TPSA) is 61.4 Å². The number of hydrogen-bond acceptors (Lipinski definition) is 3. The lowest BCUT2D eigenvalue weighted by Gasteiger charge is -2.32. The molecule has 4 rings (SSSR count). The molecule has 5 nitrogen and oxygen atoms in total. The third-order valence-corrected chi connectivity index (χ3v) is 6.75. The average Bonchev–Trinajstić information content (AvgIpc) is 2.87. The first-order chi connectivity index (χ1) is 16.9. The highest BCUT2D eigenvalue weighted by molar-refractivity contribution is 6.31. The number of carbonyl (C=O) groups excluding carboxylic acids is 2. The van der Waals surface area contributed by atoms with Crippen LogP contribution in [0.15, 0.2) is 72.8 Å². The smallest absolute Gasteiger partial charge is 0.253 e. The van der Waals surface area contributed by atoms with Gasteiger partial charge < -0.3 is 10.6 Å². The zero-order chi connectivity index (χ0) is 24.8. The van der Waals surface area contributed by atoms with Crippen molar-refractivity contribution in [3.63, 3.8) is 0 Å². The summed E-state index contributed by atoms with van der Waals surface area (Å²) in [5.74, 6) is -1.01. The molecule has 2 amide bonds. The van der Waals surface area contributed by atoms with Crippen LogP contribution < -0.4 is 10.6 Å². The van der Waals surface area contributed by atoms with E-state index in [4.69, 9.17) is 11.6 Å². The molecule has 2 unspecified atom stereocenters. The van der Waals surface area contributed by atoms with Crippen molar-refractivity contribution in [2.45, 2.75) is 32.4 Å². The Kier molecular flexibility index (Phi) is 8.16. The molecule has 2 atom stereocenters. The molecular formula is C28H29ClFN3O2. The van der Waals surface area contributed by atoms with Gasteiger partial charge in [-0.3, -0.25) is 14.5 Å². The van der Waals surface area contributed by atoms with Crippen LogP contribution in [0, 0.1) is 11.7 Å². The maximum absolute atomic E-state index is 14.2. The number of para-hydroxylation sites is 1. The highest BCUT2D eigenvalue weighted by Gasteiger charge is 2.27. The molecule has 1 aliphatic rings. The van der Waals surface area contributed by atoms with Crippen molar-refractivity contribution in [3.8, 4) is 0 Å². The van der Waals surface area contributed by atoms with Crippen molar-refractivity contribution in [2.75, 3.05) is 18.4 Å². The minimum atomic E-state index is -0.339. The van der Waals surface area contributed by atoms with Gasteiger partial charge in [0.05, 0.1) is 23.2 Å². The lowest BCUT2D eigenvalue weighted by molar-refractivity contribution is -0.121. The molecule has 0 radical (unpaired) electrons. The zero-order valence-corrected chi connectivity index (χ0v) is 20.4. The van der Waals surface area contributed by atoms with Gasteiger partial charge in [0, 0.05) is 23.7 Å². The van der Waals surface area contributed by atoms with Crippen molar-refractivity contribution in [1.29, 1.82) is 0 Å². The van der Waals surface area contributed by atoms with Crippen LogP contribution in [0.3, 0.4) is 0 Å². The monoisotopic (exact) mass is 493 g/mol. The van der Waals surface area contributed by atoms with Crippen LogP contribution in [0.25, 0.3) is 0 Å². The van der Waals surface area contributed by atoms with Crippen LogP contribution >= 0.6 is 11.6 Å². The van der Waals surface area contributed by atoms with E-state index in [1.807, 2.05) is 37.3 Å². The van der Waals surface area contributed by atoms with Gasteiger partial charge in [-0.05, 0) is 56.1 Å². The zero-order valence-electron chi connectivity index (χ0n) is 19.6. The maximum Gasteiger partial charge on any atom is 0.253 e. The lowest BCUT2D eigenvalue weighted by Crippen LogP contribution is -2.40. The first-order valence-electron chi connectivity index (χ1n) is 11.8. The van der Waals surface area contributed by atoms with E-state index in [0.717, 1.165) is 24.9 Å². The third-order valence-electron chi connectivity index (χ3n) is 6.40. The number of nitrogens with one attached hydrogen (secondary N) is 2. The van der Waals surface area contributed by atoms with E-state index >= 15 is 0 Å². The van der Waals surface area contributed by atoms with Crippen molar-refractivity contribution in [2.24, 2.45) is 5.92 Å². The number of nitrogens with zero attached hydrogens (tertiary/aromatic N) is 1. The number of amides is 2. The molecule has 1 fully saturated rings. The van der Waals surface area contributed by atoms with Crippen molar-refractivity contribution in [1.82, 2.24) is 10.2 Å². The fourth-order valence-electron chi connectivity index (χ4n) is 4.44. The molecule has 0 bridgehead atoms. The van der Waals surface area contributed by atoms with Gasteiger partial charge in [-0.1, -0.05) is 60.1 Å². The number of likely N-dealkylation sites (tertiary alicyclic amines) is 1. The Morgan fingerprint density at radius 2 is 1.80 bits per heavy atom. The van der Waals surface area contributed by atoms with Crippen molar-refractivity contribution in [3.05, 3.63) is 100 Å². The summed E-state index contributed by atoms with van der Waals surface area (Å²) >= 11 is 6.19. The standard InChI is InChI=1S/C28H29ClFN3O2/c1-19(20-9-3-2-4-10-20)31-28(35)22-12-5-6-15-26(22)32-27(34)21-11-8-16-33(17-21)18-23-24(29)13-7-14-25(23)30/h2-7,9-10,12-15,19,21H,8,11,16-18H2,1H3,(H,31,35)(H,32,34). The fourth-order valence-corrected chi connectivity index (χ4v) is 4.67. The quantitative estimate of drug-likeness (QED) is 0.436. The van der Waals surface area contributed by atoms with E-state index in [2.05, 4.69) is 15.5 Å². The van der Waals surface area contributed by atoms with E-state index in [1.165, 1.54) is 6.07 Å². The van der Waals surface area contributed by atoms with Gasteiger partial charge in [-0.25, -0.2) is 4.39 Å². The van der Waals surface area contributed by atoms with Crippen LogP contribution in [0.2, 0.25) is 5.02 Å². The SMILES string of the molecule is CC(NC(=O)c1ccccc1NC(=O)C1CCCN(Cc2c(F)cccc2Cl)C1)c1ccccc1. The molecule has 0 aromatic heterocycles. The molecule has 35 heavy (non-hydrogen) atoms. The second-order valence-corrected chi connectivity index (χ2v) is 9.32. The second-order valence-electron chi connectivity index (χ2n) is 8.92. The summed E-state index contributed by atoms with van der Waals surface area (Å²) < 4.78 is 14.2. The summed E-state index contributed by atoms with van der Waals surface area (Å²) in [5.41, 5.74) is 2.34. The van der Waals surface area contributed by atoms with Gasteiger partial charge in [-0.2, -0.15) is 0 Å². The number of benzene rings is 3. The largest absolute Gasteiger partial charge is 0.345 e. The van der Waals surface area contributed by atoms with Crippen molar-refractivity contribution < 1.29 is 14.0 Å². The molecular weight excluding hydrogens is 465 g/mol. The summed E-state index contributed by atoms with van der Waals surface area (Å²) in [4.78, 5) is 28.2. The summed E-state index contributed by atoms with van der Waals surface area (Å²) in [6.07, 6.45) is 1.55. The number of anilines is 1. The fraction of sp³-hybridized carbons (Fsp3) is 0.286. The summed E-state index contributed by atoms with van der Waals surface area (Å²) in [6, 6.07) is 21.2. The van der Waals surface area contributed by atoms with Crippen LogP contribution in [-0.4, -0.2) is 29.8 Å². The van der Waals surface area contributed by atoms with Gasteiger partial charge in [0.25, 0.3) is 5.91 Å². The van der Waals surface area contributed by atoms with Crippen molar-refractivity contribution >= 4 is 29.1 Å². The molecule has 0 spiro atoms. The number of piperidine rings is 1. The molecule has 182 valence electrons. The molecule has 3 aromatic carbocycles. The van der Waals surface area contributed by atoms with Gasteiger partial charge in [0.15, 0.2) is 0 Å². The molecule has 3 aromatic rings. The Bertz CT molecular complexity index is 1170. The normalized spacial score (nSPS) is 16.9. The van der Waals surface area contributed by atoms with E-state index in [1.54, 1.807) is 36.4 Å². The van der Waals surface area contributed by atoms with Gasteiger partial charge in [0.1, 0.15) is 5.82 Å². The molecule has 1 aliphatic heterocycles. The minimum Gasteiger partial charge on any atom is -0.345 e. The molecule has 2 N–H and O–H groups in total. The molecule has 0 saturated carbocycles. The minimum absolute atomic E-state index is 0.148. The first-order valence-corrected chi connectivity index (χ1v) is 12.2. The molecule has 1 saturated heterocycles. The summed E-state index contributed by atoms with van der Waals surface area (Å²) in [6.45, 7) is 3.54. The van der Waals surface area contributed by atoms with Gasteiger partial charge >= 0.3 is 0 Å². The second kappa shape index (κ2) is 11.5. The summed E-state index contributed by atoms with van der Waals surface area (Å²) in [5, 5.41) is 6.35. The molecule has 0 aliphatic carbocycles. The Hall–Kier alpha value is -3.22. The molecule has 7 heteroatoms. The number of rotatable bonds is 7. The van der Waals surface area contributed by atoms with Gasteiger partial charge in [0.2, 0.25) is 5.91 Å². The van der Waals surface area contributed by atoms with Crippen LogP contribution in [0.4, 0.5) is 10.1 Å². The Morgan fingerprint density at radius 1 is 1.06 bits per heavy atom. The van der Waals surface area contributed by atoms with E-state index < -0.39 is 0 Å². The van der Waals surface area contributed by atoms with Crippen LogP contribution in [0.1, 0.15) is 47.3 Å². The maximum atomic E-state index is 14.2. The number of carbonyl (C=O) groups is 2. The van der Waals surface area contributed by atoms with Crippen LogP contribution in [0.5, 0.6) is 0 Å². The number of hydrogen-bond donors (Lipinski definition) is 2. The Balaban J connectivity index is 1.41. The van der Waals surface area contributed by atoms with E-state index in [9.17, 15) is 14.0 Å². The average molecular weight is 494 g/mol. The predicted octanol–water partition coefficient (Wildman–Crippen LogP) is 5.82. The number of halogens is 2. The van der Waals surface area contributed by atoms with Crippen LogP contribution in [-0.2, 0) is 11.3 Å². The van der Waals surface area contributed by atoms with E-state index in [-0.39, 0.29) is 29.6 Å². The van der Waals surface area contributed by atoms with Gasteiger partial charge in [-0.15, -0.1) is 0 Å². The van der Waals surface area contributed by atoms with E-state index in [0.29, 0.717) is 34.9 Å². The Labute approximate surface area is 210 Å². The highest BCUT2D eigenvalue weighted by atomic mass is 35.5. The highest BCUT2D eigenvalue weighted by Crippen LogP contribution is 2.26. The lowest BCUT2D eigenvalue weighted by atomic mass is 9.96. The Morgan fingerprint density at radius 3 is 2.57 bits per heavy atom. The molecule has 1 heterocycles. The summed E-state index contributed by atoms with van der Waals surface area (Å²) in [7, 11) is 0.